The van der Waals surface area contributed by atoms with E-state index in [4.69, 9.17) is 0 Å². The summed E-state index contributed by atoms with van der Waals surface area (Å²) in [4.78, 5) is 25.1. The predicted molar refractivity (Wildman–Crippen MR) is 62.3 cm³/mol. The molecule has 1 heterocycles. The molecule has 0 fully saturated rings. The molecule has 0 radical (unpaired) electrons. The van der Waals surface area contributed by atoms with Crippen molar-refractivity contribution in [2.24, 2.45) is 0 Å². The Balaban J connectivity index is 2.73. The number of carbonyl (C=O) groups excluding carboxylic acids is 2. The van der Waals surface area contributed by atoms with Crippen molar-refractivity contribution in [3.05, 3.63) is 17.7 Å². The Bertz CT molecular complexity index is 497. The van der Waals surface area contributed by atoms with Crippen molar-refractivity contribution in [2.45, 2.75) is 26.1 Å². The van der Waals surface area contributed by atoms with Crippen molar-refractivity contribution in [3.8, 4) is 0 Å². The summed E-state index contributed by atoms with van der Waals surface area (Å²) in [6.07, 6.45) is -3.99. The fourth-order valence-corrected chi connectivity index (χ4v) is 1.49. The quantitative estimate of drug-likeness (QED) is 0.664. The van der Waals surface area contributed by atoms with Gasteiger partial charge in [0.2, 0.25) is 5.82 Å². The number of halogens is 3. The van der Waals surface area contributed by atoms with Crippen molar-refractivity contribution in [2.75, 3.05) is 13.7 Å². The molecule has 1 aromatic heterocycles. The number of aromatic nitrogens is 2. The van der Waals surface area contributed by atoms with Gasteiger partial charge in [0.15, 0.2) is 5.78 Å². The average Bonchev–Trinajstić information content (AvgIpc) is 2.78. The zero-order valence-corrected chi connectivity index (χ0v) is 11.0. The first-order chi connectivity index (χ1) is 9.25. The third kappa shape index (κ3) is 4.25. The maximum atomic E-state index is 12.7. The van der Waals surface area contributed by atoms with Gasteiger partial charge >= 0.3 is 12.3 Å². The van der Waals surface area contributed by atoms with Gasteiger partial charge in [-0.2, -0.15) is 13.2 Å². The number of nitrogens with zero attached hydrogens (tertiary/aromatic N) is 2. The van der Waals surface area contributed by atoms with E-state index in [0.717, 1.165) is 17.7 Å². The van der Waals surface area contributed by atoms with Crippen LogP contribution in [0, 0.1) is 0 Å². The SMILES string of the molecule is COC(=O)NCCCn1cc(C(C)=O)nc1C(F)(F)F. The Morgan fingerprint density at radius 2 is 2.10 bits per heavy atom. The molecule has 0 aliphatic carbocycles. The third-order valence-corrected chi connectivity index (χ3v) is 2.42. The number of Topliss-reactive ketones (excluding diaryl/α,β-unsaturated/α-hetero) is 1. The lowest BCUT2D eigenvalue weighted by Gasteiger charge is -2.10. The van der Waals surface area contributed by atoms with Crippen LogP contribution in [-0.2, 0) is 17.5 Å². The van der Waals surface area contributed by atoms with E-state index in [1.165, 1.54) is 7.11 Å². The number of amides is 1. The van der Waals surface area contributed by atoms with Crippen molar-refractivity contribution in [1.82, 2.24) is 14.9 Å². The van der Waals surface area contributed by atoms with Gasteiger partial charge in [-0.25, -0.2) is 9.78 Å². The van der Waals surface area contributed by atoms with Gasteiger partial charge in [-0.1, -0.05) is 0 Å². The van der Waals surface area contributed by atoms with Gasteiger partial charge in [0.05, 0.1) is 7.11 Å². The maximum absolute atomic E-state index is 12.7. The van der Waals surface area contributed by atoms with E-state index in [0.29, 0.717) is 0 Å². The Morgan fingerprint density at radius 1 is 1.45 bits per heavy atom. The number of ether oxygens (including phenoxy) is 1. The van der Waals surface area contributed by atoms with Crippen molar-refractivity contribution in [3.63, 3.8) is 0 Å². The van der Waals surface area contributed by atoms with Crippen LogP contribution in [0.4, 0.5) is 18.0 Å². The molecule has 0 aliphatic rings. The Morgan fingerprint density at radius 3 is 2.60 bits per heavy atom. The average molecular weight is 293 g/mol. The Kier molecular flexibility index (Phi) is 5.12. The molecule has 1 rings (SSSR count). The summed E-state index contributed by atoms with van der Waals surface area (Å²) >= 11 is 0. The highest BCUT2D eigenvalue weighted by Gasteiger charge is 2.37. The van der Waals surface area contributed by atoms with Crippen LogP contribution in [0.3, 0.4) is 0 Å². The molecule has 1 amide bonds. The second-order valence-corrected chi connectivity index (χ2v) is 3.97. The molecule has 0 aliphatic heterocycles. The molecule has 6 nitrogen and oxygen atoms in total. The number of hydrogen-bond acceptors (Lipinski definition) is 4. The molecule has 0 saturated carbocycles. The summed E-state index contributed by atoms with van der Waals surface area (Å²) in [5.41, 5.74) is -0.238. The standard InChI is InChI=1S/C11H14F3N3O3/c1-7(18)8-6-17(9(16-8)11(12,13)14)5-3-4-15-10(19)20-2/h6H,3-5H2,1-2H3,(H,15,19). The minimum atomic E-state index is -4.64. The number of rotatable bonds is 5. The zero-order chi connectivity index (χ0) is 15.3. The molecule has 112 valence electrons. The summed E-state index contributed by atoms with van der Waals surface area (Å²) in [6, 6.07) is 0. The molecule has 0 bridgehead atoms. The lowest BCUT2D eigenvalue weighted by molar-refractivity contribution is -0.147. The van der Waals surface area contributed by atoms with Gasteiger partial charge in [-0.15, -0.1) is 0 Å². The summed E-state index contributed by atoms with van der Waals surface area (Å²) in [5, 5.41) is 2.35. The summed E-state index contributed by atoms with van der Waals surface area (Å²) in [7, 11) is 1.19. The molecular weight excluding hydrogens is 279 g/mol. The van der Waals surface area contributed by atoms with Crippen LogP contribution in [0.5, 0.6) is 0 Å². The van der Waals surface area contributed by atoms with E-state index in [1.807, 2.05) is 0 Å². The lowest BCUT2D eigenvalue weighted by Crippen LogP contribution is -2.25. The Hall–Kier alpha value is -2.06. The minimum absolute atomic E-state index is 0.0287. The van der Waals surface area contributed by atoms with Crippen LogP contribution in [0.25, 0.3) is 0 Å². The second kappa shape index (κ2) is 6.40. The first-order valence-corrected chi connectivity index (χ1v) is 5.73. The molecule has 0 aromatic carbocycles. The number of aryl methyl sites for hydroxylation is 1. The van der Waals surface area contributed by atoms with Crippen LogP contribution in [0.15, 0.2) is 6.20 Å². The monoisotopic (exact) mass is 293 g/mol. The van der Waals surface area contributed by atoms with Crippen molar-refractivity contribution < 1.29 is 27.5 Å². The molecule has 9 heteroatoms. The van der Waals surface area contributed by atoms with Crippen molar-refractivity contribution in [1.29, 1.82) is 0 Å². The number of imidazole rings is 1. The Labute approximate surface area is 112 Å². The van der Waals surface area contributed by atoms with Gasteiger partial charge in [-0.3, -0.25) is 4.79 Å². The topological polar surface area (TPSA) is 73.2 Å². The number of methoxy groups -OCH3 is 1. The number of alkyl carbamates (subject to hydrolysis) is 1. The molecule has 1 aromatic rings. The molecule has 1 N–H and O–H groups in total. The normalized spacial score (nSPS) is 11.2. The molecule has 20 heavy (non-hydrogen) atoms. The highest BCUT2D eigenvalue weighted by Crippen LogP contribution is 2.28. The van der Waals surface area contributed by atoms with Gasteiger partial charge in [0, 0.05) is 26.2 Å². The summed E-state index contributed by atoms with van der Waals surface area (Å²) in [6.45, 7) is 1.27. The van der Waals surface area contributed by atoms with Crippen LogP contribution in [-0.4, -0.2) is 35.1 Å². The van der Waals surface area contributed by atoms with E-state index in [2.05, 4.69) is 15.0 Å². The molecule has 0 saturated heterocycles. The summed E-state index contributed by atoms with van der Waals surface area (Å²) < 4.78 is 43.4. The van der Waals surface area contributed by atoms with Crippen molar-refractivity contribution >= 4 is 11.9 Å². The largest absolute Gasteiger partial charge is 0.453 e. The number of ketones is 1. The fourth-order valence-electron chi connectivity index (χ4n) is 1.49. The number of alkyl halides is 3. The van der Waals surface area contributed by atoms with Crippen LogP contribution < -0.4 is 5.32 Å². The predicted octanol–water partition coefficient (Wildman–Crippen LogP) is 1.85. The number of nitrogens with one attached hydrogen (secondary N) is 1. The van der Waals surface area contributed by atoms with E-state index in [9.17, 15) is 22.8 Å². The molecular formula is C11H14F3N3O3. The first-order valence-electron chi connectivity index (χ1n) is 5.73. The zero-order valence-electron chi connectivity index (χ0n) is 11.0. The van der Waals surface area contributed by atoms with E-state index >= 15 is 0 Å². The van der Waals surface area contributed by atoms with E-state index in [-0.39, 0.29) is 25.2 Å². The number of hydrogen-bond donors (Lipinski definition) is 1. The van der Waals surface area contributed by atoms with Crippen LogP contribution in [0.1, 0.15) is 29.7 Å². The first kappa shape index (κ1) is 16.0. The molecule has 0 spiro atoms. The summed E-state index contributed by atoms with van der Waals surface area (Å²) in [5.74, 6) is -1.66. The van der Waals surface area contributed by atoms with E-state index in [1.54, 1.807) is 0 Å². The highest BCUT2D eigenvalue weighted by molar-refractivity contribution is 5.91. The maximum Gasteiger partial charge on any atom is 0.449 e. The smallest absolute Gasteiger partial charge is 0.449 e. The molecule has 0 unspecified atom stereocenters. The number of carbonyl (C=O) groups is 2. The molecule has 0 atom stereocenters. The highest BCUT2D eigenvalue weighted by atomic mass is 19.4. The van der Waals surface area contributed by atoms with Crippen LogP contribution in [0.2, 0.25) is 0 Å². The van der Waals surface area contributed by atoms with E-state index < -0.39 is 23.9 Å². The van der Waals surface area contributed by atoms with Gasteiger partial charge in [0.25, 0.3) is 0 Å². The van der Waals surface area contributed by atoms with Crippen LogP contribution >= 0.6 is 0 Å². The lowest BCUT2D eigenvalue weighted by atomic mass is 10.3. The van der Waals surface area contributed by atoms with Gasteiger partial charge in [-0.05, 0) is 6.42 Å². The fraction of sp³-hybridized carbons (Fsp3) is 0.545. The minimum Gasteiger partial charge on any atom is -0.453 e. The van der Waals surface area contributed by atoms with Gasteiger partial charge in [0.1, 0.15) is 5.69 Å². The third-order valence-electron chi connectivity index (χ3n) is 2.42. The second-order valence-electron chi connectivity index (χ2n) is 3.97. The van der Waals surface area contributed by atoms with Gasteiger partial charge < -0.3 is 14.6 Å².